The first-order chi connectivity index (χ1) is 9.85. The van der Waals surface area contributed by atoms with Gasteiger partial charge in [0.2, 0.25) is 0 Å². The summed E-state index contributed by atoms with van der Waals surface area (Å²) in [6, 6.07) is 8.58. The Labute approximate surface area is 119 Å². The molecule has 1 aromatic carbocycles. The van der Waals surface area contributed by atoms with Crippen LogP contribution in [0.15, 0.2) is 42.6 Å². The highest BCUT2D eigenvalue weighted by Gasteiger charge is 2.30. The van der Waals surface area contributed by atoms with Gasteiger partial charge in [-0.25, -0.2) is 0 Å². The lowest BCUT2D eigenvalue weighted by Crippen LogP contribution is -2.17. The minimum Gasteiger partial charge on any atom is -0.406 e. The normalized spacial score (nSPS) is 11.2. The van der Waals surface area contributed by atoms with Crippen molar-refractivity contribution in [3.63, 3.8) is 0 Å². The molecule has 0 unspecified atom stereocenters. The molecular formula is C15H12F3NO2. The standard InChI is InChI=1S/C15H12F3NO2/c1-10-13(3-2-8-19-10)14(20)9-11-4-6-12(7-5-11)21-15(16,17)18/h2-8H,9H2,1H3. The van der Waals surface area contributed by atoms with Gasteiger partial charge < -0.3 is 4.74 Å². The third kappa shape index (κ3) is 4.30. The van der Waals surface area contributed by atoms with Gasteiger partial charge >= 0.3 is 6.36 Å². The number of carbonyl (C=O) groups is 1. The van der Waals surface area contributed by atoms with Gasteiger partial charge in [0.05, 0.1) is 0 Å². The van der Waals surface area contributed by atoms with Gasteiger partial charge in [-0.3, -0.25) is 9.78 Å². The van der Waals surface area contributed by atoms with Crippen molar-refractivity contribution in [3.05, 3.63) is 59.4 Å². The average molecular weight is 295 g/mol. The highest BCUT2D eigenvalue weighted by molar-refractivity contribution is 5.98. The van der Waals surface area contributed by atoms with Crippen molar-refractivity contribution in [2.45, 2.75) is 19.7 Å². The molecule has 110 valence electrons. The fourth-order valence-electron chi connectivity index (χ4n) is 1.87. The van der Waals surface area contributed by atoms with E-state index in [4.69, 9.17) is 0 Å². The molecule has 21 heavy (non-hydrogen) atoms. The summed E-state index contributed by atoms with van der Waals surface area (Å²) in [4.78, 5) is 16.1. The van der Waals surface area contributed by atoms with E-state index in [0.717, 1.165) is 0 Å². The molecule has 0 N–H and O–H groups in total. The van der Waals surface area contributed by atoms with Gasteiger partial charge in [0.1, 0.15) is 5.75 Å². The number of hydrogen-bond acceptors (Lipinski definition) is 3. The highest BCUT2D eigenvalue weighted by Crippen LogP contribution is 2.23. The molecule has 0 saturated carbocycles. The molecule has 2 rings (SSSR count). The molecule has 0 spiro atoms. The van der Waals surface area contributed by atoms with Crippen LogP contribution in [-0.2, 0) is 6.42 Å². The van der Waals surface area contributed by atoms with Gasteiger partial charge in [0, 0.05) is 23.9 Å². The minimum atomic E-state index is -4.72. The van der Waals surface area contributed by atoms with Crippen molar-refractivity contribution in [3.8, 4) is 5.75 Å². The van der Waals surface area contributed by atoms with E-state index < -0.39 is 6.36 Å². The summed E-state index contributed by atoms with van der Waals surface area (Å²) in [5.41, 5.74) is 1.74. The molecule has 1 heterocycles. The second kappa shape index (κ2) is 5.95. The van der Waals surface area contributed by atoms with E-state index in [1.807, 2.05) is 0 Å². The van der Waals surface area contributed by atoms with Gasteiger partial charge in [0.25, 0.3) is 0 Å². The Morgan fingerprint density at radius 2 is 1.86 bits per heavy atom. The number of halogens is 3. The first-order valence-corrected chi connectivity index (χ1v) is 6.14. The summed E-state index contributed by atoms with van der Waals surface area (Å²) in [5, 5.41) is 0. The Balaban J connectivity index is 2.07. The zero-order chi connectivity index (χ0) is 15.5. The lowest BCUT2D eigenvalue weighted by Gasteiger charge is -2.09. The smallest absolute Gasteiger partial charge is 0.406 e. The van der Waals surface area contributed by atoms with Crippen LogP contribution in [0, 0.1) is 6.92 Å². The number of nitrogens with zero attached hydrogens (tertiary/aromatic N) is 1. The average Bonchev–Trinajstić information content (AvgIpc) is 2.40. The Hall–Kier alpha value is -2.37. The molecule has 0 saturated heterocycles. The summed E-state index contributed by atoms with van der Waals surface area (Å²) in [5.74, 6) is -0.443. The molecule has 0 radical (unpaired) electrons. The van der Waals surface area contributed by atoms with Gasteiger partial charge in [-0.15, -0.1) is 13.2 Å². The first kappa shape index (κ1) is 15.0. The van der Waals surface area contributed by atoms with Gasteiger partial charge in [0.15, 0.2) is 5.78 Å². The van der Waals surface area contributed by atoms with Crippen LogP contribution in [0.5, 0.6) is 5.75 Å². The fraction of sp³-hybridized carbons (Fsp3) is 0.200. The van der Waals surface area contributed by atoms with E-state index in [-0.39, 0.29) is 18.0 Å². The number of carbonyl (C=O) groups excluding carboxylic acids is 1. The number of aromatic nitrogens is 1. The predicted octanol–water partition coefficient (Wildman–Crippen LogP) is 3.71. The summed E-state index contributed by atoms with van der Waals surface area (Å²) >= 11 is 0. The van der Waals surface area contributed by atoms with Crippen molar-refractivity contribution >= 4 is 5.78 Å². The van der Waals surface area contributed by atoms with Gasteiger partial charge in [-0.1, -0.05) is 12.1 Å². The number of pyridine rings is 1. The summed E-state index contributed by atoms with van der Waals surface area (Å²) in [6.07, 6.45) is -3.03. The Morgan fingerprint density at radius 3 is 2.43 bits per heavy atom. The van der Waals surface area contributed by atoms with Crippen molar-refractivity contribution in [1.82, 2.24) is 4.98 Å². The van der Waals surface area contributed by atoms with Crippen molar-refractivity contribution in [2.24, 2.45) is 0 Å². The van der Waals surface area contributed by atoms with Crippen LogP contribution in [0.25, 0.3) is 0 Å². The number of rotatable bonds is 4. The monoisotopic (exact) mass is 295 g/mol. The highest BCUT2D eigenvalue weighted by atomic mass is 19.4. The quantitative estimate of drug-likeness (QED) is 0.807. The molecule has 0 aliphatic rings. The van der Waals surface area contributed by atoms with Crippen molar-refractivity contribution in [1.29, 1.82) is 0 Å². The fourth-order valence-corrected chi connectivity index (χ4v) is 1.87. The van der Waals surface area contributed by atoms with Crippen LogP contribution >= 0.6 is 0 Å². The maximum atomic E-state index is 12.1. The third-order valence-electron chi connectivity index (χ3n) is 2.83. The second-order valence-corrected chi connectivity index (χ2v) is 4.43. The van der Waals surface area contributed by atoms with Crippen LogP contribution in [0.3, 0.4) is 0 Å². The molecule has 0 amide bonds. The third-order valence-corrected chi connectivity index (χ3v) is 2.83. The lowest BCUT2D eigenvalue weighted by atomic mass is 10.0. The minimum absolute atomic E-state index is 0.0961. The number of alkyl halides is 3. The molecule has 3 nitrogen and oxygen atoms in total. The van der Waals surface area contributed by atoms with Crippen LogP contribution < -0.4 is 4.74 Å². The first-order valence-electron chi connectivity index (χ1n) is 6.14. The van der Waals surface area contributed by atoms with Crippen LogP contribution in [0.4, 0.5) is 13.2 Å². The molecule has 0 atom stereocenters. The molecule has 0 aliphatic carbocycles. The number of Topliss-reactive ketones (excluding diaryl/α,β-unsaturated/α-hetero) is 1. The largest absolute Gasteiger partial charge is 0.573 e. The number of hydrogen-bond donors (Lipinski definition) is 0. The number of ketones is 1. The Bertz CT molecular complexity index is 636. The summed E-state index contributed by atoms with van der Waals surface area (Å²) in [7, 11) is 0. The van der Waals surface area contributed by atoms with Crippen LogP contribution in [0.2, 0.25) is 0 Å². The zero-order valence-electron chi connectivity index (χ0n) is 11.1. The predicted molar refractivity (Wildman–Crippen MR) is 70.1 cm³/mol. The molecule has 0 fully saturated rings. The molecular weight excluding hydrogens is 283 g/mol. The zero-order valence-corrected chi connectivity index (χ0v) is 11.1. The number of aryl methyl sites for hydroxylation is 1. The van der Waals surface area contributed by atoms with Gasteiger partial charge in [-0.05, 0) is 36.8 Å². The van der Waals surface area contributed by atoms with E-state index in [1.54, 1.807) is 25.3 Å². The lowest BCUT2D eigenvalue weighted by molar-refractivity contribution is -0.274. The Morgan fingerprint density at radius 1 is 1.19 bits per heavy atom. The second-order valence-electron chi connectivity index (χ2n) is 4.43. The number of benzene rings is 1. The molecule has 2 aromatic rings. The van der Waals surface area contributed by atoms with E-state index in [0.29, 0.717) is 16.8 Å². The summed E-state index contributed by atoms with van der Waals surface area (Å²) in [6.45, 7) is 1.73. The molecule has 0 bridgehead atoms. The van der Waals surface area contributed by atoms with E-state index in [1.165, 1.54) is 24.3 Å². The van der Waals surface area contributed by atoms with E-state index in [2.05, 4.69) is 9.72 Å². The topological polar surface area (TPSA) is 39.2 Å². The van der Waals surface area contributed by atoms with Crippen molar-refractivity contribution < 1.29 is 22.7 Å². The molecule has 0 aliphatic heterocycles. The van der Waals surface area contributed by atoms with Crippen LogP contribution in [0.1, 0.15) is 21.6 Å². The SMILES string of the molecule is Cc1ncccc1C(=O)Cc1ccc(OC(F)(F)F)cc1. The van der Waals surface area contributed by atoms with Gasteiger partial charge in [-0.2, -0.15) is 0 Å². The van der Waals surface area contributed by atoms with E-state index in [9.17, 15) is 18.0 Å². The van der Waals surface area contributed by atoms with E-state index >= 15 is 0 Å². The van der Waals surface area contributed by atoms with Crippen molar-refractivity contribution in [2.75, 3.05) is 0 Å². The summed E-state index contributed by atoms with van der Waals surface area (Å²) < 4.78 is 39.9. The molecule has 1 aromatic heterocycles. The maximum absolute atomic E-state index is 12.1. The number of ether oxygens (including phenoxy) is 1. The Kier molecular flexibility index (Phi) is 4.26. The maximum Gasteiger partial charge on any atom is 0.573 e. The van der Waals surface area contributed by atoms with Crippen LogP contribution in [-0.4, -0.2) is 17.1 Å². The molecule has 6 heteroatoms.